The zero-order chi connectivity index (χ0) is 13.2. The van der Waals surface area contributed by atoms with Gasteiger partial charge < -0.3 is 15.0 Å². The molecule has 3 nitrogen and oxygen atoms in total. The first-order valence-electron chi connectivity index (χ1n) is 6.66. The standard InChI is InChI=1S/C15H24N2O/c1-12-6-7-14(18-4)13(10-12)17-9-5-8-15(2,11-17)16-3/h6-7,10,16H,5,8-9,11H2,1-4H3. The molecular formula is C15H24N2O. The number of likely N-dealkylation sites (N-methyl/N-ethyl adjacent to an activating group) is 1. The molecule has 0 aliphatic carbocycles. The fourth-order valence-electron chi connectivity index (χ4n) is 2.70. The smallest absolute Gasteiger partial charge is 0.142 e. The normalized spacial score (nSPS) is 24.1. The summed E-state index contributed by atoms with van der Waals surface area (Å²) < 4.78 is 5.49. The molecule has 0 saturated carbocycles. The van der Waals surface area contributed by atoms with Crippen LogP contribution in [0.5, 0.6) is 5.75 Å². The van der Waals surface area contributed by atoms with Crippen LogP contribution in [-0.2, 0) is 0 Å². The minimum Gasteiger partial charge on any atom is -0.495 e. The number of benzene rings is 1. The number of nitrogens with zero attached hydrogens (tertiary/aromatic N) is 1. The highest BCUT2D eigenvalue weighted by Crippen LogP contribution is 2.33. The average Bonchev–Trinajstić information content (AvgIpc) is 2.39. The predicted octanol–water partition coefficient (Wildman–Crippen LogP) is 2.58. The highest BCUT2D eigenvalue weighted by atomic mass is 16.5. The first-order chi connectivity index (χ1) is 8.58. The minimum absolute atomic E-state index is 0.201. The summed E-state index contributed by atoms with van der Waals surface area (Å²) in [6.45, 7) is 6.56. The van der Waals surface area contributed by atoms with Crippen molar-refractivity contribution >= 4 is 5.69 Å². The van der Waals surface area contributed by atoms with E-state index in [2.05, 4.69) is 49.3 Å². The third kappa shape index (κ3) is 2.61. The lowest BCUT2D eigenvalue weighted by molar-refractivity contribution is 0.314. The van der Waals surface area contributed by atoms with Gasteiger partial charge in [-0.05, 0) is 51.4 Å². The molecule has 0 spiro atoms. The number of aryl methyl sites for hydroxylation is 1. The molecule has 1 heterocycles. The zero-order valence-electron chi connectivity index (χ0n) is 11.9. The summed E-state index contributed by atoms with van der Waals surface area (Å²) in [6, 6.07) is 6.39. The molecule has 1 N–H and O–H groups in total. The van der Waals surface area contributed by atoms with Crippen molar-refractivity contribution in [3.8, 4) is 5.75 Å². The maximum Gasteiger partial charge on any atom is 0.142 e. The molecule has 0 aromatic heterocycles. The molecule has 0 bridgehead atoms. The van der Waals surface area contributed by atoms with Crippen LogP contribution in [0.2, 0.25) is 0 Å². The lowest BCUT2D eigenvalue weighted by Gasteiger charge is -2.42. The number of hydrogen-bond donors (Lipinski definition) is 1. The third-order valence-electron chi connectivity index (χ3n) is 3.98. The van der Waals surface area contributed by atoms with Crippen LogP contribution in [0.1, 0.15) is 25.3 Å². The highest BCUT2D eigenvalue weighted by Gasteiger charge is 2.30. The van der Waals surface area contributed by atoms with Crippen molar-refractivity contribution in [1.82, 2.24) is 5.32 Å². The molecule has 1 unspecified atom stereocenters. The zero-order valence-corrected chi connectivity index (χ0v) is 11.9. The van der Waals surface area contributed by atoms with E-state index in [0.29, 0.717) is 0 Å². The second kappa shape index (κ2) is 5.19. The molecule has 0 radical (unpaired) electrons. The largest absolute Gasteiger partial charge is 0.495 e. The van der Waals surface area contributed by atoms with Crippen molar-refractivity contribution in [3.05, 3.63) is 23.8 Å². The van der Waals surface area contributed by atoms with Crippen LogP contribution in [0.3, 0.4) is 0 Å². The number of anilines is 1. The van der Waals surface area contributed by atoms with Crippen molar-refractivity contribution in [3.63, 3.8) is 0 Å². The Bertz CT molecular complexity index is 419. The second-order valence-electron chi connectivity index (χ2n) is 5.51. The molecule has 100 valence electrons. The predicted molar refractivity (Wildman–Crippen MR) is 76.6 cm³/mol. The lowest BCUT2D eigenvalue weighted by Crippen LogP contribution is -2.53. The van der Waals surface area contributed by atoms with E-state index < -0.39 is 0 Å². The summed E-state index contributed by atoms with van der Waals surface area (Å²) in [5.41, 5.74) is 2.70. The number of rotatable bonds is 3. The maximum atomic E-state index is 5.49. The maximum absolute atomic E-state index is 5.49. The van der Waals surface area contributed by atoms with Gasteiger partial charge in [0.05, 0.1) is 12.8 Å². The van der Waals surface area contributed by atoms with Gasteiger partial charge in [0.15, 0.2) is 0 Å². The fourth-order valence-corrected chi connectivity index (χ4v) is 2.70. The molecule has 0 amide bonds. The van der Waals surface area contributed by atoms with Crippen molar-refractivity contribution in [2.45, 2.75) is 32.2 Å². The van der Waals surface area contributed by atoms with Crippen molar-refractivity contribution in [2.24, 2.45) is 0 Å². The molecule has 2 rings (SSSR count). The number of methoxy groups -OCH3 is 1. The minimum atomic E-state index is 0.201. The Morgan fingerprint density at radius 3 is 2.83 bits per heavy atom. The van der Waals surface area contributed by atoms with Crippen LogP contribution < -0.4 is 15.0 Å². The molecule has 3 heteroatoms. The summed E-state index contributed by atoms with van der Waals surface area (Å²) >= 11 is 0. The highest BCUT2D eigenvalue weighted by molar-refractivity contribution is 5.60. The molecular weight excluding hydrogens is 224 g/mol. The Morgan fingerprint density at radius 1 is 1.39 bits per heavy atom. The van der Waals surface area contributed by atoms with E-state index in [4.69, 9.17) is 4.74 Å². The molecule has 1 aliphatic rings. The molecule has 1 aliphatic heterocycles. The Hall–Kier alpha value is -1.22. The summed E-state index contributed by atoms with van der Waals surface area (Å²) in [7, 11) is 3.80. The van der Waals surface area contributed by atoms with Gasteiger partial charge in [-0.3, -0.25) is 0 Å². The van der Waals surface area contributed by atoms with Crippen LogP contribution in [0.15, 0.2) is 18.2 Å². The molecule has 1 atom stereocenters. The van der Waals surface area contributed by atoms with Crippen LogP contribution in [0.25, 0.3) is 0 Å². The SMILES string of the molecule is CNC1(C)CCCN(c2cc(C)ccc2OC)C1. The van der Waals surface area contributed by atoms with Gasteiger partial charge in [-0.15, -0.1) is 0 Å². The monoisotopic (exact) mass is 248 g/mol. The van der Waals surface area contributed by atoms with Crippen LogP contribution in [0.4, 0.5) is 5.69 Å². The van der Waals surface area contributed by atoms with Crippen LogP contribution in [-0.4, -0.2) is 32.8 Å². The molecule has 1 aromatic rings. The summed E-state index contributed by atoms with van der Waals surface area (Å²) in [4.78, 5) is 2.44. The molecule has 18 heavy (non-hydrogen) atoms. The summed E-state index contributed by atoms with van der Waals surface area (Å²) in [5, 5.41) is 3.45. The molecule has 1 saturated heterocycles. The first-order valence-corrected chi connectivity index (χ1v) is 6.66. The van der Waals surface area contributed by atoms with E-state index in [0.717, 1.165) is 18.8 Å². The Morgan fingerprint density at radius 2 is 2.17 bits per heavy atom. The van der Waals surface area contributed by atoms with E-state index in [1.165, 1.54) is 24.1 Å². The Balaban J connectivity index is 2.28. The number of hydrogen-bond acceptors (Lipinski definition) is 3. The average molecular weight is 248 g/mol. The molecule has 1 aromatic carbocycles. The van der Waals surface area contributed by atoms with Crippen molar-refractivity contribution < 1.29 is 4.74 Å². The van der Waals surface area contributed by atoms with Crippen LogP contribution >= 0.6 is 0 Å². The van der Waals surface area contributed by atoms with E-state index in [1.54, 1.807) is 7.11 Å². The van der Waals surface area contributed by atoms with Gasteiger partial charge in [0.25, 0.3) is 0 Å². The van der Waals surface area contributed by atoms with E-state index >= 15 is 0 Å². The number of piperidine rings is 1. The molecule has 1 fully saturated rings. The third-order valence-corrected chi connectivity index (χ3v) is 3.98. The van der Waals surface area contributed by atoms with E-state index in [9.17, 15) is 0 Å². The topological polar surface area (TPSA) is 24.5 Å². The summed E-state index contributed by atoms with van der Waals surface area (Å²) in [5.74, 6) is 0.973. The summed E-state index contributed by atoms with van der Waals surface area (Å²) in [6.07, 6.45) is 2.45. The van der Waals surface area contributed by atoms with Gasteiger partial charge in [0.1, 0.15) is 5.75 Å². The Kier molecular flexibility index (Phi) is 3.81. The van der Waals surface area contributed by atoms with Gasteiger partial charge >= 0.3 is 0 Å². The second-order valence-corrected chi connectivity index (χ2v) is 5.51. The van der Waals surface area contributed by atoms with Gasteiger partial charge in [-0.2, -0.15) is 0 Å². The van der Waals surface area contributed by atoms with Crippen LogP contribution in [0, 0.1) is 6.92 Å². The van der Waals surface area contributed by atoms with E-state index in [-0.39, 0.29) is 5.54 Å². The number of ether oxygens (including phenoxy) is 1. The fraction of sp³-hybridized carbons (Fsp3) is 0.600. The van der Waals surface area contributed by atoms with Gasteiger partial charge in [-0.25, -0.2) is 0 Å². The van der Waals surface area contributed by atoms with Crippen molar-refractivity contribution in [2.75, 3.05) is 32.1 Å². The quantitative estimate of drug-likeness (QED) is 0.890. The lowest BCUT2D eigenvalue weighted by atomic mass is 9.91. The van der Waals surface area contributed by atoms with E-state index in [1.807, 2.05) is 0 Å². The first kappa shape index (κ1) is 13.2. The Labute approximate surface area is 110 Å². The van der Waals surface area contributed by atoms with Crippen molar-refractivity contribution in [1.29, 1.82) is 0 Å². The number of nitrogens with one attached hydrogen (secondary N) is 1. The van der Waals surface area contributed by atoms with Gasteiger partial charge in [0, 0.05) is 18.6 Å². The van der Waals surface area contributed by atoms with Gasteiger partial charge in [-0.1, -0.05) is 6.07 Å². The van der Waals surface area contributed by atoms with Gasteiger partial charge in [0.2, 0.25) is 0 Å².